The molecule has 0 aliphatic carbocycles. The number of carboxylic acids is 1. The Morgan fingerprint density at radius 3 is 2.80 bits per heavy atom. The zero-order valence-electron chi connectivity index (χ0n) is 7.89. The normalized spacial score (nSPS) is 15.5. The summed E-state index contributed by atoms with van der Waals surface area (Å²) < 4.78 is 0. The lowest BCUT2D eigenvalue weighted by Crippen LogP contribution is -2.54. The van der Waals surface area contributed by atoms with Gasteiger partial charge in [0.2, 0.25) is 0 Å². The van der Waals surface area contributed by atoms with Gasteiger partial charge in [-0.2, -0.15) is 0 Å². The number of hydrazine groups is 1. The van der Waals surface area contributed by atoms with Gasteiger partial charge in [-0.05, 0) is 0 Å². The van der Waals surface area contributed by atoms with Crippen molar-refractivity contribution < 1.29 is 14.7 Å². The molecule has 1 aliphatic rings. The third kappa shape index (κ3) is 1.77. The third-order valence-corrected chi connectivity index (χ3v) is 1.65. The number of amidine groups is 1. The first-order chi connectivity index (χ1) is 6.99. The van der Waals surface area contributed by atoms with Gasteiger partial charge in [0.25, 0.3) is 0 Å². The minimum absolute atomic E-state index is 0.305. The van der Waals surface area contributed by atoms with Crippen LogP contribution in [0.3, 0.4) is 0 Å². The van der Waals surface area contributed by atoms with Gasteiger partial charge >= 0.3 is 12.0 Å². The van der Waals surface area contributed by atoms with Gasteiger partial charge in [-0.15, -0.1) is 5.10 Å². The van der Waals surface area contributed by atoms with Crippen LogP contribution in [0.4, 0.5) is 4.79 Å². The Labute approximate surface area is 84.9 Å². The van der Waals surface area contributed by atoms with Gasteiger partial charge in [-0.1, -0.05) is 6.58 Å². The van der Waals surface area contributed by atoms with E-state index in [9.17, 15) is 9.59 Å². The number of urea groups is 1. The molecular weight excluding hydrogens is 202 g/mol. The van der Waals surface area contributed by atoms with E-state index in [0.717, 1.165) is 16.1 Å². The molecule has 8 nitrogen and oxygen atoms in total. The number of hydrazone groups is 1. The van der Waals surface area contributed by atoms with Crippen LogP contribution in [0.2, 0.25) is 0 Å². The molecule has 8 heteroatoms. The molecule has 0 radical (unpaired) electrons. The van der Waals surface area contributed by atoms with E-state index in [-0.39, 0.29) is 5.84 Å². The molecule has 0 atom stereocenters. The summed E-state index contributed by atoms with van der Waals surface area (Å²) in [4.78, 5) is 22.8. The van der Waals surface area contributed by atoms with Gasteiger partial charge in [-0.25, -0.2) is 25.0 Å². The number of rotatable bonds is 3. The summed E-state index contributed by atoms with van der Waals surface area (Å²) in [7, 11) is 1.41. The first-order valence-corrected chi connectivity index (χ1v) is 3.84. The second-order valence-electron chi connectivity index (χ2n) is 2.61. The average Bonchev–Trinajstić information content (AvgIpc) is 2.20. The van der Waals surface area contributed by atoms with Crippen LogP contribution in [0, 0.1) is 5.41 Å². The first kappa shape index (κ1) is 10.7. The largest absolute Gasteiger partial charge is 0.476 e. The predicted octanol–water partition coefficient (Wildman–Crippen LogP) is -0.580. The average molecular weight is 211 g/mol. The van der Waals surface area contributed by atoms with Crippen LogP contribution >= 0.6 is 0 Å². The lowest BCUT2D eigenvalue weighted by atomic mass is 10.3. The monoisotopic (exact) mass is 211 g/mol. The fraction of sp³-hybridized carbons (Fsp3) is 0.143. The van der Waals surface area contributed by atoms with Crippen molar-refractivity contribution >= 4 is 23.5 Å². The Bertz CT molecular complexity index is 375. The van der Waals surface area contributed by atoms with Gasteiger partial charge in [0.15, 0.2) is 11.5 Å². The van der Waals surface area contributed by atoms with Gasteiger partial charge in [-0.3, -0.25) is 5.41 Å². The summed E-state index contributed by atoms with van der Waals surface area (Å²) in [5.74, 6) is -1.78. The smallest absolute Gasteiger partial charge is 0.357 e. The van der Waals surface area contributed by atoms with E-state index in [0.29, 0.717) is 0 Å². The number of nitrogens with one attached hydrogen (secondary N) is 2. The standard InChI is InChI=1S/C7H9N5O3/c1-3-12-5(4(8)6(13)14)9-10-11(2)7(12)15/h3,8,10H,1H2,2H3,(H,13,14). The Balaban J connectivity index is 3.07. The Hall–Kier alpha value is -2.38. The van der Waals surface area contributed by atoms with Crippen molar-refractivity contribution in [3.63, 3.8) is 0 Å². The quantitative estimate of drug-likeness (QED) is 0.542. The highest BCUT2D eigenvalue weighted by molar-refractivity contribution is 6.64. The van der Waals surface area contributed by atoms with Crippen molar-refractivity contribution in [1.82, 2.24) is 15.4 Å². The van der Waals surface area contributed by atoms with Crippen molar-refractivity contribution in [3.8, 4) is 0 Å². The van der Waals surface area contributed by atoms with E-state index < -0.39 is 17.7 Å². The Kier molecular flexibility index (Phi) is 2.70. The molecule has 0 aromatic heterocycles. The molecule has 80 valence electrons. The van der Waals surface area contributed by atoms with Gasteiger partial charge < -0.3 is 5.11 Å². The maximum atomic E-state index is 11.4. The lowest BCUT2D eigenvalue weighted by Gasteiger charge is -2.29. The molecule has 15 heavy (non-hydrogen) atoms. The topological polar surface area (TPSA) is 109 Å². The molecule has 1 rings (SSSR count). The molecule has 0 bridgehead atoms. The van der Waals surface area contributed by atoms with Gasteiger partial charge in [0, 0.05) is 13.2 Å². The van der Waals surface area contributed by atoms with Crippen LogP contribution in [0.1, 0.15) is 0 Å². The van der Waals surface area contributed by atoms with Gasteiger partial charge in [0.05, 0.1) is 0 Å². The van der Waals surface area contributed by atoms with Crippen molar-refractivity contribution in [2.75, 3.05) is 7.05 Å². The molecule has 0 spiro atoms. The number of hydrogen-bond donors (Lipinski definition) is 3. The number of carbonyl (C=O) groups excluding carboxylic acids is 1. The third-order valence-electron chi connectivity index (χ3n) is 1.65. The summed E-state index contributed by atoms with van der Waals surface area (Å²) in [6.07, 6.45) is 1.09. The summed E-state index contributed by atoms with van der Waals surface area (Å²) in [6, 6.07) is -0.569. The predicted molar refractivity (Wildman–Crippen MR) is 51.1 cm³/mol. The maximum absolute atomic E-state index is 11.4. The molecule has 0 saturated heterocycles. The number of aliphatic carboxylic acids is 1. The number of carboxylic acid groups (broad SMARTS) is 1. The molecule has 0 saturated carbocycles. The molecule has 0 aromatic carbocycles. The molecule has 3 N–H and O–H groups in total. The minimum atomic E-state index is -1.47. The van der Waals surface area contributed by atoms with Crippen LogP contribution < -0.4 is 5.53 Å². The van der Waals surface area contributed by atoms with Crippen LogP contribution in [-0.2, 0) is 4.79 Å². The minimum Gasteiger partial charge on any atom is -0.476 e. The van der Waals surface area contributed by atoms with E-state index in [1.165, 1.54) is 7.05 Å². The highest BCUT2D eigenvalue weighted by Crippen LogP contribution is 2.04. The Morgan fingerprint density at radius 1 is 1.73 bits per heavy atom. The van der Waals surface area contributed by atoms with Crippen LogP contribution in [0.25, 0.3) is 0 Å². The fourth-order valence-electron chi connectivity index (χ4n) is 0.908. The highest BCUT2D eigenvalue weighted by Gasteiger charge is 2.30. The Morgan fingerprint density at radius 2 is 2.33 bits per heavy atom. The van der Waals surface area contributed by atoms with E-state index in [4.69, 9.17) is 10.5 Å². The van der Waals surface area contributed by atoms with Crippen LogP contribution in [0.5, 0.6) is 0 Å². The molecule has 0 aromatic rings. The number of amides is 2. The molecule has 2 amide bonds. The zero-order chi connectivity index (χ0) is 11.6. The fourth-order valence-corrected chi connectivity index (χ4v) is 0.908. The molecule has 1 heterocycles. The van der Waals surface area contributed by atoms with Crippen LogP contribution in [0.15, 0.2) is 17.9 Å². The second-order valence-corrected chi connectivity index (χ2v) is 2.61. The summed E-state index contributed by atoms with van der Waals surface area (Å²) in [6.45, 7) is 3.34. The van der Waals surface area contributed by atoms with E-state index in [1.54, 1.807) is 0 Å². The second kappa shape index (κ2) is 3.78. The number of nitrogens with zero attached hydrogens (tertiary/aromatic N) is 3. The van der Waals surface area contributed by atoms with Crippen molar-refractivity contribution in [1.29, 1.82) is 5.41 Å². The number of hydrogen-bond acceptors (Lipinski definition) is 5. The highest BCUT2D eigenvalue weighted by atomic mass is 16.4. The van der Waals surface area contributed by atoms with E-state index in [2.05, 4.69) is 17.2 Å². The van der Waals surface area contributed by atoms with Crippen LogP contribution in [-0.4, -0.2) is 45.6 Å². The molecule has 0 unspecified atom stereocenters. The van der Waals surface area contributed by atoms with Crippen molar-refractivity contribution in [2.24, 2.45) is 5.10 Å². The van der Waals surface area contributed by atoms with Crippen molar-refractivity contribution in [2.45, 2.75) is 0 Å². The lowest BCUT2D eigenvalue weighted by molar-refractivity contribution is -0.129. The summed E-state index contributed by atoms with van der Waals surface area (Å²) >= 11 is 0. The first-order valence-electron chi connectivity index (χ1n) is 3.84. The summed E-state index contributed by atoms with van der Waals surface area (Å²) in [5, 5.41) is 20.4. The molecule has 0 fully saturated rings. The molecular formula is C7H9N5O3. The number of carbonyl (C=O) groups is 2. The molecule has 1 aliphatic heterocycles. The maximum Gasteiger partial charge on any atom is 0.357 e. The summed E-state index contributed by atoms with van der Waals surface area (Å²) in [5.41, 5.74) is 1.47. The zero-order valence-corrected chi connectivity index (χ0v) is 7.89. The van der Waals surface area contributed by atoms with E-state index in [1.807, 2.05) is 0 Å². The van der Waals surface area contributed by atoms with E-state index >= 15 is 0 Å². The van der Waals surface area contributed by atoms with Gasteiger partial charge in [0.1, 0.15) is 0 Å². The van der Waals surface area contributed by atoms with Crippen molar-refractivity contribution in [3.05, 3.63) is 12.8 Å². The SMILES string of the molecule is C=CN1C(=O)N(C)NN=C1C(=N)C(=O)O.